The molecule has 7 heteroatoms. The molecule has 0 spiro atoms. The first-order valence-corrected chi connectivity index (χ1v) is 6.66. The van der Waals surface area contributed by atoms with E-state index in [1.165, 1.54) is 12.1 Å². The number of alkyl halides is 3. The molecule has 118 valence electrons. The molecule has 1 heterocycles. The minimum absolute atomic E-state index is 0.198. The first-order valence-electron chi connectivity index (χ1n) is 6.66. The summed E-state index contributed by atoms with van der Waals surface area (Å²) in [6.45, 7) is 3.56. The van der Waals surface area contributed by atoms with Gasteiger partial charge in [-0.25, -0.2) is 0 Å². The Morgan fingerprint density at radius 3 is 2.36 bits per heavy atom. The zero-order chi connectivity index (χ0) is 16.3. The Kier molecular flexibility index (Phi) is 4.54. The molecule has 1 N–H and O–H groups in total. The van der Waals surface area contributed by atoms with Gasteiger partial charge in [0.2, 0.25) is 5.91 Å². The summed E-state index contributed by atoms with van der Waals surface area (Å²) in [6.07, 6.45) is -3.72. The number of anilines is 1. The van der Waals surface area contributed by atoms with Crippen molar-refractivity contribution in [3.8, 4) is 0 Å². The molecule has 2 aromatic rings. The van der Waals surface area contributed by atoms with E-state index in [1.807, 2.05) is 0 Å². The van der Waals surface area contributed by atoms with Gasteiger partial charge in [0.25, 0.3) is 0 Å². The quantitative estimate of drug-likeness (QED) is 0.932. The van der Waals surface area contributed by atoms with Gasteiger partial charge in [-0.3, -0.25) is 4.79 Å². The highest BCUT2D eigenvalue weighted by molar-refractivity contribution is 5.90. The molecule has 1 amide bonds. The average Bonchev–Trinajstić information content (AvgIpc) is 2.75. The van der Waals surface area contributed by atoms with Gasteiger partial charge < -0.3 is 9.84 Å². The van der Waals surface area contributed by atoms with Crippen molar-refractivity contribution in [1.82, 2.24) is 5.16 Å². The van der Waals surface area contributed by atoms with Crippen LogP contribution in [0.2, 0.25) is 0 Å². The highest BCUT2D eigenvalue weighted by Gasteiger charge is 2.29. The summed E-state index contributed by atoms with van der Waals surface area (Å²) < 4.78 is 42.3. The van der Waals surface area contributed by atoms with Crippen LogP contribution in [0, 0.1) is 13.8 Å². The van der Waals surface area contributed by atoms with Gasteiger partial charge >= 0.3 is 6.18 Å². The Labute approximate surface area is 125 Å². The maximum absolute atomic E-state index is 12.4. The molecule has 1 aromatic carbocycles. The molecular formula is C15H15F3N2O2. The molecular weight excluding hydrogens is 297 g/mol. The summed E-state index contributed by atoms with van der Waals surface area (Å²) in [5.74, 6) is 0.389. The fraction of sp³-hybridized carbons (Fsp3) is 0.333. The first kappa shape index (κ1) is 16.1. The summed E-state index contributed by atoms with van der Waals surface area (Å²) in [5.41, 5.74) is 1.19. The van der Waals surface area contributed by atoms with Crippen molar-refractivity contribution in [3.63, 3.8) is 0 Å². The predicted octanol–water partition coefficient (Wildman–Crippen LogP) is 3.88. The van der Waals surface area contributed by atoms with E-state index in [0.717, 1.165) is 23.4 Å². The normalized spacial score (nSPS) is 11.5. The van der Waals surface area contributed by atoms with Gasteiger partial charge in [0.1, 0.15) is 5.76 Å². The number of halogens is 3. The zero-order valence-electron chi connectivity index (χ0n) is 12.1. The van der Waals surface area contributed by atoms with Gasteiger partial charge in [-0.05, 0) is 44.5 Å². The van der Waals surface area contributed by atoms with Crippen LogP contribution >= 0.6 is 0 Å². The zero-order valence-corrected chi connectivity index (χ0v) is 12.1. The number of nitrogens with zero attached hydrogens (tertiary/aromatic N) is 1. The van der Waals surface area contributed by atoms with Crippen molar-refractivity contribution in [2.24, 2.45) is 0 Å². The van der Waals surface area contributed by atoms with Gasteiger partial charge in [0.05, 0.1) is 11.3 Å². The lowest BCUT2D eigenvalue weighted by Gasteiger charge is -2.08. The van der Waals surface area contributed by atoms with Crippen LogP contribution in [0.1, 0.15) is 29.0 Å². The molecule has 2 rings (SSSR count). The summed E-state index contributed by atoms with van der Waals surface area (Å²) in [4.78, 5) is 11.8. The van der Waals surface area contributed by atoms with Crippen LogP contribution < -0.4 is 5.32 Å². The van der Waals surface area contributed by atoms with E-state index in [1.54, 1.807) is 13.8 Å². The van der Waals surface area contributed by atoms with Crippen molar-refractivity contribution >= 4 is 11.6 Å². The third-order valence-corrected chi connectivity index (χ3v) is 3.28. The van der Waals surface area contributed by atoms with E-state index in [9.17, 15) is 18.0 Å². The van der Waals surface area contributed by atoms with Crippen LogP contribution in [0.5, 0.6) is 0 Å². The first-order chi connectivity index (χ1) is 10.3. The number of nitrogens with one attached hydrogen (secondary N) is 1. The lowest BCUT2D eigenvalue weighted by Crippen LogP contribution is -2.13. The lowest BCUT2D eigenvalue weighted by molar-refractivity contribution is -0.137. The van der Waals surface area contributed by atoms with Crippen LogP contribution in [0.15, 0.2) is 28.8 Å². The summed E-state index contributed by atoms with van der Waals surface area (Å²) >= 11 is 0. The van der Waals surface area contributed by atoms with Gasteiger partial charge in [-0.15, -0.1) is 0 Å². The van der Waals surface area contributed by atoms with Crippen molar-refractivity contribution in [2.45, 2.75) is 32.9 Å². The molecule has 0 unspecified atom stereocenters. The van der Waals surface area contributed by atoms with Crippen molar-refractivity contribution in [1.29, 1.82) is 0 Å². The number of benzene rings is 1. The topological polar surface area (TPSA) is 55.1 Å². The van der Waals surface area contributed by atoms with E-state index in [2.05, 4.69) is 10.5 Å². The number of aryl methyl sites for hydroxylation is 2. The van der Waals surface area contributed by atoms with E-state index < -0.39 is 11.7 Å². The molecule has 4 nitrogen and oxygen atoms in total. The monoisotopic (exact) mass is 312 g/mol. The van der Waals surface area contributed by atoms with Crippen LogP contribution in [0.4, 0.5) is 18.9 Å². The van der Waals surface area contributed by atoms with Gasteiger partial charge in [0.15, 0.2) is 0 Å². The third-order valence-electron chi connectivity index (χ3n) is 3.28. The Morgan fingerprint density at radius 2 is 1.86 bits per heavy atom. The number of carbonyl (C=O) groups is 1. The molecule has 0 aliphatic carbocycles. The minimum Gasteiger partial charge on any atom is -0.361 e. The molecule has 0 radical (unpaired) electrons. The van der Waals surface area contributed by atoms with Crippen molar-refractivity contribution in [2.75, 3.05) is 5.32 Å². The van der Waals surface area contributed by atoms with Crippen molar-refractivity contribution in [3.05, 3.63) is 46.8 Å². The Morgan fingerprint density at radius 1 is 1.23 bits per heavy atom. The van der Waals surface area contributed by atoms with Gasteiger partial charge in [0, 0.05) is 17.7 Å². The Balaban J connectivity index is 1.92. The number of carbonyl (C=O) groups excluding carboxylic acids is 1. The molecule has 0 fully saturated rings. The highest BCUT2D eigenvalue weighted by atomic mass is 19.4. The second-order valence-electron chi connectivity index (χ2n) is 4.93. The maximum atomic E-state index is 12.4. The second kappa shape index (κ2) is 6.21. The van der Waals surface area contributed by atoms with Gasteiger partial charge in [-0.1, -0.05) is 5.16 Å². The molecule has 0 aliphatic heterocycles. The van der Waals surface area contributed by atoms with Crippen LogP contribution in [0.25, 0.3) is 0 Å². The standard InChI is InChI=1S/C15H15F3N2O2/c1-9-13(10(2)22-20-9)7-8-14(21)19-12-5-3-11(4-6-12)15(16,17)18/h3-6H,7-8H2,1-2H3,(H,19,21). The molecule has 0 atom stereocenters. The number of hydrogen-bond acceptors (Lipinski definition) is 3. The molecule has 0 saturated carbocycles. The fourth-order valence-electron chi connectivity index (χ4n) is 2.06. The summed E-state index contributed by atoms with van der Waals surface area (Å²) in [6, 6.07) is 4.33. The van der Waals surface area contributed by atoms with E-state index in [0.29, 0.717) is 17.9 Å². The Hall–Kier alpha value is -2.31. The minimum atomic E-state index is -4.38. The van der Waals surface area contributed by atoms with Crippen LogP contribution in [0.3, 0.4) is 0 Å². The molecule has 22 heavy (non-hydrogen) atoms. The predicted molar refractivity (Wildman–Crippen MR) is 74.4 cm³/mol. The number of rotatable bonds is 4. The summed E-state index contributed by atoms with van der Waals surface area (Å²) in [5, 5.41) is 6.36. The SMILES string of the molecule is Cc1noc(C)c1CCC(=O)Nc1ccc(C(F)(F)F)cc1. The van der Waals surface area contributed by atoms with E-state index in [4.69, 9.17) is 4.52 Å². The highest BCUT2D eigenvalue weighted by Crippen LogP contribution is 2.29. The summed E-state index contributed by atoms with van der Waals surface area (Å²) in [7, 11) is 0. The molecule has 1 aromatic heterocycles. The van der Waals surface area contributed by atoms with Crippen LogP contribution in [-0.4, -0.2) is 11.1 Å². The number of aromatic nitrogens is 1. The Bertz CT molecular complexity index is 641. The molecule has 0 bridgehead atoms. The average molecular weight is 312 g/mol. The third kappa shape index (κ3) is 3.87. The molecule has 0 aliphatic rings. The largest absolute Gasteiger partial charge is 0.416 e. The van der Waals surface area contributed by atoms with Crippen LogP contribution in [-0.2, 0) is 17.4 Å². The maximum Gasteiger partial charge on any atom is 0.416 e. The number of amides is 1. The van der Waals surface area contributed by atoms with E-state index in [-0.39, 0.29) is 12.3 Å². The van der Waals surface area contributed by atoms with E-state index >= 15 is 0 Å². The van der Waals surface area contributed by atoms with Gasteiger partial charge in [-0.2, -0.15) is 13.2 Å². The number of hydrogen-bond donors (Lipinski definition) is 1. The van der Waals surface area contributed by atoms with Crippen molar-refractivity contribution < 1.29 is 22.5 Å². The lowest BCUT2D eigenvalue weighted by atomic mass is 10.1. The second-order valence-corrected chi connectivity index (χ2v) is 4.93. The smallest absolute Gasteiger partial charge is 0.361 e. The molecule has 0 saturated heterocycles. The fourth-order valence-corrected chi connectivity index (χ4v) is 2.06.